The molecule has 1 aromatic heterocycles. The molecule has 7 heteroatoms. The lowest BCUT2D eigenvalue weighted by Gasteiger charge is -2.26. The number of fused-ring (bicyclic) bond motifs is 1. The number of benzene rings is 2. The van der Waals surface area contributed by atoms with Crippen LogP contribution in [0.2, 0.25) is 0 Å². The van der Waals surface area contributed by atoms with Crippen molar-refractivity contribution in [3.8, 4) is 5.75 Å². The van der Waals surface area contributed by atoms with E-state index in [-0.39, 0.29) is 17.4 Å². The number of amides is 1. The fraction of sp³-hybridized carbons (Fsp3) is 0.308. The van der Waals surface area contributed by atoms with Crippen molar-refractivity contribution < 1.29 is 19.4 Å². The highest BCUT2D eigenvalue weighted by molar-refractivity contribution is 6.46. The quantitative estimate of drug-likeness (QED) is 0.326. The van der Waals surface area contributed by atoms with Gasteiger partial charge < -0.3 is 24.6 Å². The summed E-state index contributed by atoms with van der Waals surface area (Å²) in [5.41, 5.74) is 2.24. The van der Waals surface area contributed by atoms with Crippen LogP contribution in [0.4, 0.5) is 0 Å². The second-order valence-electron chi connectivity index (χ2n) is 8.78. The number of ether oxygens (including phenoxy) is 1. The predicted octanol–water partition coefficient (Wildman–Crippen LogP) is 3.94. The molecule has 1 fully saturated rings. The van der Waals surface area contributed by atoms with Gasteiger partial charge >= 0.3 is 0 Å². The highest BCUT2D eigenvalue weighted by atomic mass is 16.5. The van der Waals surface area contributed by atoms with Gasteiger partial charge in [-0.3, -0.25) is 9.59 Å². The standard InChI is InChI=1S/C26H29N3O4/c1-16(2)33-18-11-9-17(10-12-18)24(30)22-23(20-15-27-21-8-6-5-7-19(20)21)29(14-13-28(3)4)26(32)25(22)31/h5-12,15-16,23,27,30H,13-14H2,1-4H3/b24-22+. The monoisotopic (exact) mass is 447 g/mol. The molecule has 0 saturated carbocycles. The molecule has 0 bridgehead atoms. The Morgan fingerprint density at radius 3 is 2.48 bits per heavy atom. The number of nitrogens with zero attached hydrogens (tertiary/aromatic N) is 2. The average molecular weight is 448 g/mol. The summed E-state index contributed by atoms with van der Waals surface area (Å²) in [5.74, 6) is -0.800. The van der Waals surface area contributed by atoms with E-state index in [1.807, 2.05) is 63.3 Å². The number of ketones is 1. The zero-order chi connectivity index (χ0) is 23.7. The molecular formula is C26H29N3O4. The lowest BCUT2D eigenvalue weighted by atomic mass is 9.95. The van der Waals surface area contributed by atoms with Gasteiger partial charge in [-0.2, -0.15) is 0 Å². The van der Waals surface area contributed by atoms with Crippen LogP contribution in [0.3, 0.4) is 0 Å². The molecule has 1 amide bonds. The van der Waals surface area contributed by atoms with Crippen molar-refractivity contribution in [1.82, 2.24) is 14.8 Å². The third kappa shape index (κ3) is 4.36. The smallest absolute Gasteiger partial charge is 0.295 e. The zero-order valence-electron chi connectivity index (χ0n) is 19.3. The van der Waals surface area contributed by atoms with Crippen LogP contribution in [0.1, 0.15) is 31.0 Å². The SMILES string of the molecule is CC(C)Oc1ccc(/C(O)=C2\C(=O)C(=O)N(CCN(C)C)C2c2c[nH]c3ccccc23)cc1. The second kappa shape index (κ2) is 9.11. The third-order valence-electron chi connectivity index (χ3n) is 5.74. The number of aromatic nitrogens is 1. The van der Waals surface area contributed by atoms with Crippen LogP contribution in [0, 0.1) is 0 Å². The Bertz CT molecular complexity index is 1210. The number of carbonyl (C=O) groups is 2. The summed E-state index contributed by atoms with van der Waals surface area (Å²) in [4.78, 5) is 33.0. The van der Waals surface area contributed by atoms with Crippen molar-refractivity contribution >= 4 is 28.4 Å². The van der Waals surface area contributed by atoms with Gasteiger partial charge in [0.1, 0.15) is 11.5 Å². The maximum absolute atomic E-state index is 13.2. The van der Waals surface area contributed by atoms with Crippen LogP contribution >= 0.6 is 0 Å². The molecule has 1 saturated heterocycles. The van der Waals surface area contributed by atoms with Gasteiger partial charge in [-0.05, 0) is 58.3 Å². The van der Waals surface area contributed by atoms with Crippen molar-refractivity contribution in [2.45, 2.75) is 26.0 Å². The van der Waals surface area contributed by atoms with Crippen molar-refractivity contribution in [1.29, 1.82) is 0 Å². The van der Waals surface area contributed by atoms with E-state index in [1.54, 1.807) is 29.2 Å². The number of aromatic amines is 1. The maximum atomic E-state index is 13.2. The van der Waals surface area contributed by atoms with E-state index >= 15 is 0 Å². The molecule has 1 aliphatic heterocycles. The van der Waals surface area contributed by atoms with Crippen molar-refractivity contribution in [2.24, 2.45) is 0 Å². The van der Waals surface area contributed by atoms with Gasteiger partial charge in [-0.1, -0.05) is 18.2 Å². The van der Waals surface area contributed by atoms with Crippen LogP contribution in [0.15, 0.2) is 60.3 Å². The second-order valence-corrected chi connectivity index (χ2v) is 8.78. The number of carbonyl (C=O) groups excluding carboxylic acids is 2. The Balaban J connectivity index is 1.83. The minimum absolute atomic E-state index is 0.0216. The normalized spacial score (nSPS) is 18.1. The largest absolute Gasteiger partial charge is 0.507 e. The molecule has 7 nitrogen and oxygen atoms in total. The van der Waals surface area contributed by atoms with Crippen LogP contribution < -0.4 is 4.74 Å². The summed E-state index contributed by atoms with van der Waals surface area (Å²) in [6.07, 6.45) is 1.84. The molecule has 2 N–H and O–H groups in total. The topological polar surface area (TPSA) is 85.9 Å². The Kier molecular flexibility index (Phi) is 6.24. The average Bonchev–Trinajstić information content (AvgIpc) is 3.31. The first-order valence-corrected chi connectivity index (χ1v) is 11.0. The number of H-pyrrole nitrogens is 1. The van der Waals surface area contributed by atoms with E-state index in [2.05, 4.69) is 4.98 Å². The molecule has 1 unspecified atom stereocenters. The summed E-state index contributed by atoms with van der Waals surface area (Å²) in [6, 6.07) is 13.9. The molecule has 33 heavy (non-hydrogen) atoms. The number of hydrogen-bond acceptors (Lipinski definition) is 5. The third-order valence-corrected chi connectivity index (χ3v) is 5.74. The minimum atomic E-state index is -0.687. The first-order valence-electron chi connectivity index (χ1n) is 11.0. The highest BCUT2D eigenvalue weighted by Crippen LogP contribution is 2.41. The van der Waals surface area contributed by atoms with E-state index in [0.29, 0.717) is 24.4 Å². The summed E-state index contributed by atoms with van der Waals surface area (Å²) in [5, 5.41) is 12.1. The fourth-order valence-electron chi connectivity index (χ4n) is 4.18. The van der Waals surface area contributed by atoms with E-state index < -0.39 is 17.7 Å². The molecular weight excluding hydrogens is 418 g/mol. The van der Waals surface area contributed by atoms with E-state index in [4.69, 9.17) is 4.74 Å². The molecule has 4 rings (SSSR count). The van der Waals surface area contributed by atoms with Gasteiger partial charge in [0.25, 0.3) is 11.7 Å². The first kappa shape index (κ1) is 22.6. The number of nitrogens with one attached hydrogen (secondary N) is 1. The fourth-order valence-corrected chi connectivity index (χ4v) is 4.18. The molecule has 0 radical (unpaired) electrons. The molecule has 3 aromatic rings. The summed E-state index contributed by atoms with van der Waals surface area (Å²) < 4.78 is 5.68. The number of aliphatic hydroxyl groups is 1. The lowest BCUT2D eigenvalue weighted by molar-refractivity contribution is -0.140. The summed E-state index contributed by atoms with van der Waals surface area (Å²) in [7, 11) is 3.83. The Labute approximate surface area is 193 Å². The number of likely N-dealkylation sites (tertiary alicyclic amines) is 1. The number of aliphatic hydroxyl groups excluding tert-OH is 1. The first-order chi connectivity index (χ1) is 15.8. The number of hydrogen-bond donors (Lipinski definition) is 2. The molecule has 1 aliphatic rings. The lowest BCUT2D eigenvalue weighted by Crippen LogP contribution is -2.35. The maximum Gasteiger partial charge on any atom is 0.295 e. The molecule has 2 aromatic carbocycles. The van der Waals surface area contributed by atoms with Gasteiger partial charge in [0.2, 0.25) is 0 Å². The number of likely N-dealkylation sites (N-methyl/N-ethyl adjacent to an activating group) is 1. The zero-order valence-corrected chi connectivity index (χ0v) is 19.3. The number of rotatable bonds is 7. The Morgan fingerprint density at radius 1 is 1.12 bits per heavy atom. The van der Waals surface area contributed by atoms with E-state index in [9.17, 15) is 14.7 Å². The molecule has 0 aliphatic carbocycles. The summed E-state index contributed by atoms with van der Waals surface area (Å²) in [6.45, 7) is 4.82. The van der Waals surface area contributed by atoms with Gasteiger partial charge in [0, 0.05) is 41.3 Å². The van der Waals surface area contributed by atoms with Gasteiger partial charge in [0.15, 0.2) is 0 Å². The summed E-state index contributed by atoms with van der Waals surface area (Å²) >= 11 is 0. The van der Waals surface area contributed by atoms with Crippen LogP contribution in [0.25, 0.3) is 16.7 Å². The number of Topliss-reactive ketones (excluding diaryl/α,β-unsaturated/α-hetero) is 1. The van der Waals surface area contributed by atoms with Gasteiger partial charge in [-0.25, -0.2) is 0 Å². The molecule has 0 spiro atoms. The van der Waals surface area contributed by atoms with E-state index in [0.717, 1.165) is 16.5 Å². The van der Waals surface area contributed by atoms with Crippen molar-refractivity contribution in [3.63, 3.8) is 0 Å². The number of para-hydroxylation sites is 1. The predicted molar refractivity (Wildman–Crippen MR) is 128 cm³/mol. The van der Waals surface area contributed by atoms with Crippen molar-refractivity contribution in [2.75, 3.05) is 27.2 Å². The Hall–Kier alpha value is -3.58. The van der Waals surface area contributed by atoms with Crippen molar-refractivity contribution in [3.05, 3.63) is 71.4 Å². The van der Waals surface area contributed by atoms with E-state index in [1.165, 1.54) is 0 Å². The van der Waals surface area contributed by atoms with Gasteiger partial charge in [-0.15, -0.1) is 0 Å². The van der Waals surface area contributed by atoms with Crippen LogP contribution in [0.5, 0.6) is 5.75 Å². The Morgan fingerprint density at radius 2 is 1.82 bits per heavy atom. The highest BCUT2D eigenvalue weighted by Gasteiger charge is 2.46. The molecule has 1 atom stereocenters. The van der Waals surface area contributed by atoms with Crippen LogP contribution in [-0.2, 0) is 9.59 Å². The van der Waals surface area contributed by atoms with Gasteiger partial charge in [0.05, 0.1) is 17.7 Å². The molecule has 172 valence electrons. The minimum Gasteiger partial charge on any atom is -0.507 e. The van der Waals surface area contributed by atoms with Crippen LogP contribution in [-0.4, -0.2) is 64.9 Å². The molecule has 2 heterocycles.